The summed E-state index contributed by atoms with van der Waals surface area (Å²) in [5, 5.41) is 0.580. The van der Waals surface area contributed by atoms with Gasteiger partial charge in [0.2, 0.25) is 5.52 Å². The summed E-state index contributed by atoms with van der Waals surface area (Å²) in [5.41, 5.74) is 1.15. The van der Waals surface area contributed by atoms with Crippen LogP contribution in [0.1, 0.15) is 12.8 Å². The Morgan fingerprint density at radius 3 is 3.12 bits per heavy atom. The zero-order chi connectivity index (χ0) is 16.5. The quantitative estimate of drug-likeness (QED) is 0.736. The number of nitrogens with one attached hydrogen (secondary N) is 2. The second-order valence-corrected chi connectivity index (χ2v) is 6.11. The highest BCUT2D eigenvalue weighted by Crippen LogP contribution is 2.29. The van der Waals surface area contributed by atoms with Gasteiger partial charge in [0.1, 0.15) is 12.4 Å². The van der Waals surface area contributed by atoms with Crippen molar-refractivity contribution in [3.05, 3.63) is 41.7 Å². The van der Waals surface area contributed by atoms with E-state index in [9.17, 15) is 4.39 Å². The molecule has 0 unspecified atom stereocenters. The average molecular weight is 349 g/mol. The van der Waals surface area contributed by atoms with E-state index in [1.54, 1.807) is 12.4 Å². The number of halogens is 2. The predicted octanol–water partition coefficient (Wildman–Crippen LogP) is 2.61. The smallest absolute Gasteiger partial charge is 0.386 e. The summed E-state index contributed by atoms with van der Waals surface area (Å²) in [6.45, 7) is 1.25. The third kappa shape index (κ3) is 2.75. The van der Waals surface area contributed by atoms with Gasteiger partial charge in [-0.1, -0.05) is 23.7 Å². The Bertz CT molecular complexity index is 871. The van der Waals surface area contributed by atoms with Gasteiger partial charge in [0.25, 0.3) is 0 Å². The Hall–Kier alpha value is -2.41. The van der Waals surface area contributed by atoms with Gasteiger partial charge in [-0.2, -0.15) is 4.98 Å². The summed E-state index contributed by atoms with van der Waals surface area (Å²) in [6, 6.07) is 7.47. The van der Waals surface area contributed by atoms with Crippen molar-refractivity contribution in [2.24, 2.45) is 0 Å². The zero-order valence-corrected chi connectivity index (χ0v) is 13.6. The number of anilines is 1. The number of hydrogen-bond donors (Lipinski definition) is 1. The molecule has 0 amide bonds. The molecule has 0 spiro atoms. The molecule has 2 N–H and O–H groups in total. The number of aromatic nitrogens is 4. The van der Waals surface area contributed by atoms with E-state index in [1.807, 2.05) is 18.2 Å². The van der Waals surface area contributed by atoms with Crippen LogP contribution in [0.4, 0.5) is 10.2 Å². The molecule has 1 aromatic carbocycles. The Kier molecular flexibility index (Phi) is 3.93. The molecule has 8 heteroatoms. The van der Waals surface area contributed by atoms with Crippen molar-refractivity contribution in [2.75, 3.05) is 18.1 Å². The molecular weight excluding hydrogens is 333 g/mol. The molecule has 1 atom stereocenters. The highest BCUT2D eigenvalue weighted by molar-refractivity contribution is 6.32. The summed E-state index contributed by atoms with van der Waals surface area (Å²) >= 11 is 6.13. The Labute approximate surface area is 142 Å². The fourth-order valence-electron chi connectivity index (χ4n) is 3.08. The lowest BCUT2D eigenvalue weighted by atomic mass is 10.2. The van der Waals surface area contributed by atoms with E-state index in [0.29, 0.717) is 34.4 Å². The van der Waals surface area contributed by atoms with Crippen molar-refractivity contribution < 1.29 is 14.1 Å². The number of rotatable bonds is 4. The summed E-state index contributed by atoms with van der Waals surface area (Å²) in [5.74, 6) is 1.21. The van der Waals surface area contributed by atoms with E-state index in [1.165, 1.54) is 0 Å². The van der Waals surface area contributed by atoms with Crippen molar-refractivity contribution in [1.29, 1.82) is 0 Å². The Balaban J connectivity index is 1.58. The molecule has 3 heterocycles. The van der Waals surface area contributed by atoms with Gasteiger partial charge < -0.3 is 9.64 Å². The molecule has 1 aliphatic heterocycles. The number of ether oxygens (including phenoxy) is 1. The third-order valence-corrected chi connectivity index (χ3v) is 4.52. The van der Waals surface area contributed by atoms with Crippen molar-refractivity contribution in [3.8, 4) is 5.75 Å². The molecule has 124 valence electrons. The molecule has 6 nitrogen and oxygen atoms in total. The van der Waals surface area contributed by atoms with Crippen LogP contribution in [-0.4, -0.2) is 34.1 Å². The van der Waals surface area contributed by atoms with E-state index < -0.39 is 6.08 Å². The van der Waals surface area contributed by atoms with E-state index in [0.717, 1.165) is 19.4 Å². The first-order valence-corrected chi connectivity index (χ1v) is 8.16. The van der Waals surface area contributed by atoms with Crippen LogP contribution in [0.3, 0.4) is 0 Å². The van der Waals surface area contributed by atoms with E-state index in [4.69, 9.17) is 16.3 Å². The maximum Gasteiger partial charge on any atom is 0.386 e. The average Bonchev–Trinajstić information content (AvgIpc) is 3.22. The number of benzene rings is 1. The molecule has 0 radical (unpaired) electrons. The fraction of sp³-hybridized carbons (Fsp3) is 0.312. The molecule has 1 aliphatic rings. The zero-order valence-electron chi connectivity index (χ0n) is 12.8. The first kappa shape index (κ1) is 15.1. The lowest BCUT2D eigenvalue weighted by Gasteiger charge is -2.25. The molecule has 24 heavy (non-hydrogen) atoms. The minimum absolute atomic E-state index is 0.0991. The molecule has 2 aromatic heterocycles. The molecule has 0 aliphatic carbocycles. The number of para-hydroxylation sites is 1. The topological polar surface area (TPSA) is 68.2 Å². The van der Waals surface area contributed by atoms with Gasteiger partial charge in [-0.3, -0.25) is 4.98 Å². The SMILES string of the molecule is Fc1nc(N2CCC[C@@H]2COc2ccccc2Cl)c2[nH]c[nH+]c2n1. The summed E-state index contributed by atoms with van der Waals surface area (Å²) in [4.78, 5) is 15.7. The largest absolute Gasteiger partial charge is 0.490 e. The van der Waals surface area contributed by atoms with Crippen LogP contribution in [0.2, 0.25) is 5.02 Å². The molecule has 4 rings (SSSR count). The number of imidazole rings is 1. The number of aromatic amines is 2. The molecular formula is C16H16ClFN5O+. The third-order valence-electron chi connectivity index (χ3n) is 4.21. The number of fused-ring (bicyclic) bond motifs is 1. The van der Waals surface area contributed by atoms with Gasteiger partial charge in [0.05, 0.1) is 11.1 Å². The Morgan fingerprint density at radius 2 is 2.25 bits per heavy atom. The van der Waals surface area contributed by atoms with Gasteiger partial charge >= 0.3 is 11.7 Å². The van der Waals surface area contributed by atoms with E-state index >= 15 is 0 Å². The van der Waals surface area contributed by atoms with Crippen LogP contribution in [0, 0.1) is 6.08 Å². The van der Waals surface area contributed by atoms with Gasteiger partial charge in [-0.25, -0.2) is 4.98 Å². The van der Waals surface area contributed by atoms with Crippen LogP contribution < -0.4 is 14.6 Å². The first-order valence-electron chi connectivity index (χ1n) is 7.78. The minimum Gasteiger partial charge on any atom is -0.490 e. The summed E-state index contributed by atoms with van der Waals surface area (Å²) in [7, 11) is 0. The highest BCUT2D eigenvalue weighted by Gasteiger charge is 2.31. The molecule has 1 fully saturated rings. The number of H-pyrrole nitrogens is 2. The second-order valence-electron chi connectivity index (χ2n) is 5.70. The maximum absolute atomic E-state index is 13.7. The minimum atomic E-state index is -0.744. The van der Waals surface area contributed by atoms with E-state index in [2.05, 4.69) is 24.8 Å². The summed E-state index contributed by atoms with van der Waals surface area (Å²) in [6.07, 6.45) is 2.81. The first-order chi connectivity index (χ1) is 11.7. The van der Waals surface area contributed by atoms with Crippen molar-refractivity contribution >= 4 is 28.6 Å². The van der Waals surface area contributed by atoms with Crippen LogP contribution in [0.5, 0.6) is 5.75 Å². The monoisotopic (exact) mass is 348 g/mol. The van der Waals surface area contributed by atoms with Crippen LogP contribution in [0.25, 0.3) is 11.2 Å². The maximum atomic E-state index is 13.7. The van der Waals surface area contributed by atoms with Crippen molar-refractivity contribution in [2.45, 2.75) is 18.9 Å². The second kappa shape index (κ2) is 6.24. The van der Waals surface area contributed by atoms with Gasteiger partial charge in [-0.15, -0.1) is 4.39 Å². The van der Waals surface area contributed by atoms with Gasteiger partial charge in [-0.05, 0) is 30.0 Å². The number of hydrogen-bond acceptors (Lipinski definition) is 4. The van der Waals surface area contributed by atoms with Crippen molar-refractivity contribution in [1.82, 2.24) is 15.0 Å². The molecule has 0 bridgehead atoms. The molecule has 1 saturated heterocycles. The fourth-order valence-corrected chi connectivity index (χ4v) is 3.27. The van der Waals surface area contributed by atoms with Crippen LogP contribution in [0.15, 0.2) is 30.6 Å². The standard InChI is InChI=1S/C16H15ClFN5O/c17-11-5-1-2-6-12(11)24-8-10-4-3-7-23(10)15-13-14(20-9-19-13)21-16(18)22-15/h1-2,5-6,9-10H,3-4,7-8H2,(H,19,20,21,22)/p+1/t10-/m1/s1. The Morgan fingerprint density at radius 1 is 1.38 bits per heavy atom. The van der Waals surface area contributed by atoms with E-state index in [-0.39, 0.29) is 6.04 Å². The normalized spacial score (nSPS) is 17.6. The van der Waals surface area contributed by atoms with Gasteiger partial charge in [0.15, 0.2) is 12.1 Å². The van der Waals surface area contributed by atoms with Crippen LogP contribution >= 0.6 is 11.6 Å². The highest BCUT2D eigenvalue weighted by atomic mass is 35.5. The lowest BCUT2D eigenvalue weighted by Crippen LogP contribution is -2.35. The molecule has 3 aromatic rings. The lowest BCUT2D eigenvalue weighted by molar-refractivity contribution is -0.347. The predicted molar refractivity (Wildman–Crippen MR) is 87.7 cm³/mol. The van der Waals surface area contributed by atoms with Gasteiger partial charge in [0, 0.05) is 6.54 Å². The number of nitrogens with zero attached hydrogens (tertiary/aromatic N) is 3. The van der Waals surface area contributed by atoms with Crippen molar-refractivity contribution in [3.63, 3.8) is 0 Å². The molecule has 0 saturated carbocycles. The summed E-state index contributed by atoms with van der Waals surface area (Å²) < 4.78 is 19.6. The van der Waals surface area contributed by atoms with Crippen LogP contribution in [-0.2, 0) is 0 Å².